The highest BCUT2D eigenvalue weighted by Gasteiger charge is 2.44. The van der Waals surface area contributed by atoms with Crippen molar-refractivity contribution in [2.75, 3.05) is 67.7 Å². The van der Waals surface area contributed by atoms with Gasteiger partial charge in [0.25, 0.3) is 5.91 Å². The Morgan fingerprint density at radius 2 is 1.82 bits per heavy atom. The summed E-state index contributed by atoms with van der Waals surface area (Å²) in [6.07, 6.45) is 1.70. The van der Waals surface area contributed by atoms with Gasteiger partial charge in [-0.25, -0.2) is 13.5 Å². The third-order valence-corrected chi connectivity index (χ3v) is 11.6. The van der Waals surface area contributed by atoms with Crippen molar-refractivity contribution in [3.8, 4) is 17.1 Å². The van der Waals surface area contributed by atoms with Gasteiger partial charge >= 0.3 is 0 Å². The number of aromatic nitrogens is 3. The highest BCUT2D eigenvalue weighted by atomic mass is 19.1. The second kappa shape index (κ2) is 17.0. The van der Waals surface area contributed by atoms with E-state index in [4.69, 9.17) is 9.47 Å². The molecule has 0 unspecified atom stereocenters. The maximum Gasteiger partial charge on any atom is 0.280 e. The largest absolute Gasteiger partial charge is 0.475 e. The van der Waals surface area contributed by atoms with Gasteiger partial charge in [0.1, 0.15) is 18.2 Å². The number of halogens is 2. The minimum absolute atomic E-state index is 0.00654. The predicted octanol–water partition coefficient (Wildman–Crippen LogP) is 3.79. The van der Waals surface area contributed by atoms with Gasteiger partial charge in [0.2, 0.25) is 29.6 Å². The van der Waals surface area contributed by atoms with Gasteiger partial charge in [-0.2, -0.15) is 10.1 Å². The number of rotatable bonds is 8. The number of piperidine rings is 1. The van der Waals surface area contributed by atoms with Crippen molar-refractivity contribution < 1.29 is 37.4 Å². The molecule has 2 atom stereocenters. The number of ether oxygens (including phenoxy) is 2. The molecule has 0 saturated carbocycles. The fraction of sp³-hybridized carbons (Fsp3) is 0.419. The van der Waals surface area contributed by atoms with Crippen molar-refractivity contribution in [1.82, 2.24) is 30.7 Å². The maximum absolute atomic E-state index is 15.3. The Morgan fingerprint density at radius 3 is 2.61 bits per heavy atom. The molecule has 0 spiro atoms. The number of nitrogens with one attached hydrogen (secondary N) is 4. The summed E-state index contributed by atoms with van der Waals surface area (Å²) in [5.41, 5.74) is 4.29. The zero-order chi connectivity index (χ0) is 43.0. The number of fused-ring (bicyclic) bond motifs is 7. The first-order chi connectivity index (χ1) is 29.3. The summed E-state index contributed by atoms with van der Waals surface area (Å²) in [7, 11) is 1.78. The van der Waals surface area contributed by atoms with Crippen molar-refractivity contribution in [3.05, 3.63) is 82.7 Å². The fourth-order valence-electron chi connectivity index (χ4n) is 8.41. The lowest BCUT2D eigenvalue weighted by Gasteiger charge is -2.25. The molecule has 4 aliphatic heterocycles. The number of benzene rings is 2. The van der Waals surface area contributed by atoms with Gasteiger partial charge < -0.3 is 35.2 Å². The number of anilines is 3. The van der Waals surface area contributed by atoms with Crippen LogP contribution in [0.3, 0.4) is 0 Å². The van der Waals surface area contributed by atoms with Gasteiger partial charge in [0.15, 0.2) is 0 Å². The number of carbonyl (C=O) groups excluding carboxylic acids is 4. The van der Waals surface area contributed by atoms with Crippen LogP contribution < -0.4 is 35.8 Å². The number of imide groups is 1. The molecule has 2 bridgehead atoms. The molecule has 320 valence electrons. The Morgan fingerprint density at radius 1 is 1.02 bits per heavy atom. The number of hydrogen-bond acceptors (Lipinski definition) is 12. The highest BCUT2D eigenvalue weighted by molar-refractivity contribution is 6.19. The van der Waals surface area contributed by atoms with Crippen LogP contribution in [0.4, 0.5) is 25.8 Å². The van der Waals surface area contributed by atoms with Crippen molar-refractivity contribution in [2.24, 2.45) is 23.4 Å². The summed E-state index contributed by atoms with van der Waals surface area (Å²) in [6, 6.07) is 11.7. The molecule has 4 aliphatic rings. The molecular formula is C43H48F2N10O6. The van der Waals surface area contributed by atoms with Crippen molar-refractivity contribution in [2.45, 2.75) is 46.1 Å². The number of nitrogens with zero attached hydrogens (tertiary/aromatic N) is 6. The lowest BCUT2D eigenvalue weighted by Crippen LogP contribution is -2.41. The van der Waals surface area contributed by atoms with Crippen LogP contribution in [0, 0.1) is 29.9 Å². The normalized spacial score (nSPS) is 20.9. The summed E-state index contributed by atoms with van der Waals surface area (Å²) in [5.74, 6) is -4.12. The average Bonchev–Trinajstić information content (AvgIpc) is 3.86. The third-order valence-electron chi connectivity index (χ3n) is 11.6. The molecule has 8 rings (SSSR count). The Hall–Kier alpha value is -6.27. The van der Waals surface area contributed by atoms with Crippen molar-refractivity contribution >= 4 is 46.7 Å². The second-order valence-corrected chi connectivity index (χ2v) is 16.4. The zero-order valence-electron chi connectivity index (χ0n) is 34.4. The molecule has 2 saturated heterocycles. The lowest BCUT2D eigenvalue weighted by molar-refractivity contribution is -0.134. The summed E-state index contributed by atoms with van der Waals surface area (Å²) in [5, 5.41) is 16.2. The molecule has 0 aliphatic carbocycles. The highest BCUT2D eigenvalue weighted by Crippen LogP contribution is 2.40. The van der Waals surface area contributed by atoms with Gasteiger partial charge in [-0.3, -0.25) is 29.5 Å². The molecule has 2 fully saturated rings. The summed E-state index contributed by atoms with van der Waals surface area (Å²) in [6.45, 7) is 9.07. The Labute approximate surface area is 351 Å². The van der Waals surface area contributed by atoms with Crippen LogP contribution in [0.2, 0.25) is 0 Å². The molecule has 2 aromatic carbocycles. The molecule has 6 heterocycles. The first kappa shape index (κ1) is 41.5. The predicted molar refractivity (Wildman–Crippen MR) is 222 cm³/mol. The van der Waals surface area contributed by atoms with E-state index in [0.29, 0.717) is 86.9 Å². The van der Waals surface area contributed by atoms with Crippen LogP contribution in [-0.4, -0.2) is 96.9 Å². The SMILES string of the molecule is Cc1cc2cc(n1)-c1cnn(C)c1OCCOCCN1/C(=N/C2=O)Nc2ccc(CNCCNC(=O)[C@H]3CN(c4cc(F)c([C@H]5CCC(=O)NC5=O)c(F)c4)CC3(C)C)cc21. The Kier molecular flexibility index (Phi) is 11.6. The third kappa shape index (κ3) is 8.68. The van der Waals surface area contributed by atoms with E-state index < -0.39 is 46.6 Å². The zero-order valence-corrected chi connectivity index (χ0v) is 34.4. The molecule has 4 N–H and O–H groups in total. The van der Waals surface area contributed by atoms with E-state index in [1.807, 2.05) is 43.9 Å². The molecule has 0 radical (unpaired) electrons. The number of hydrogen-bond donors (Lipinski definition) is 4. The van der Waals surface area contributed by atoms with Gasteiger partial charge in [-0.15, -0.1) is 0 Å². The molecule has 16 nitrogen and oxygen atoms in total. The standard InChI is InChI=1S/C43H48F2N10O6/c1-24-15-26-17-34(49-24)29-21-48-53(4)41(29)61-14-13-60-12-11-55-35-16-25(5-7-33(35)50-42(55)52-38(26)57)20-46-9-10-47-40(59)30-22-54(23-43(30,2)3)27-18-31(44)37(32(45)19-27)28-6-8-36(56)51-39(28)58/h5,7,15-19,21,28,30,46H,6,8-14,20,22-23H2,1-4H3,(H,47,59)(H,50,52,57)(H,51,56,58)/t28-,30-/m1/s1. The topological polar surface area (TPSA) is 184 Å². The molecule has 4 aromatic rings. The minimum Gasteiger partial charge on any atom is -0.475 e. The van der Waals surface area contributed by atoms with Crippen molar-refractivity contribution in [1.29, 1.82) is 0 Å². The van der Waals surface area contributed by atoms with Gasteiger partial charge in [0, 0.05) is 75.2 Å². The summed E-state index contributed by atoms with van der Waals surface area (Å²) in [4.78, 5) is 63.9. The van der Waals surface area contributed by atoms with Crippen LogP contribution in [0.15, 0.2) is 53.7 Å². The molecule has 4 amide bonds. The summed E-state index contributed by atoms with van der Waals surface area (Å²) >= 11 is 0. The summed E-state index contributed by atoms with van der Waals surface area (Å²) < 4.78 is 44.3. The van der Waals surface area contributed by atoms with Gasteiger partial charge in [-0.05, 0) is 60.7 Å². The Balaban J connectivity index is 0.877. The van der Waals surface area contributed by atoms with Gasteiger partial charge in [-0.1, -0.05) is 19.9 Å². The smallest absolute Gasteiger partial charge is 0.280 e. The van der Waals surface area contributed by atoms with Crippen LogP contribution in [-0.2, 0) is 32.7 Å². The van der Waals surface area contributed by atoms with Crippen LogP contribution in [0.5, 0.6) is 5.88 Å². The number of aryl methyl sites for hydroxylation is 2. The number of pyridine rings is 1. The van der Waals surface area contributed by atoms with Crippen LogP contribution in [0.1, 0.15) is 59.8 Å². The van der Waals surface area contributed by atoms with Crippen molar-refractivity contribution in [3.63, 3.8) is 0 Å². The van der Waals surface area contributed by atoms with E-state index >= 15 is 8.78 Å². The molecule has 2 aromatic heterocycles. The maximum atomic E-state index is 15.3. The fourth-order valence-corrected chi connectivity index (χ4v) is 8.41. The van der Waals surface area contributed by atoms with E-state index in [2.05, 4.69) is 36.3 Å². The molecular weight excluding hydrogens is 791 g/mol. The first-order valence-corrected chi connectivity index (χ1v) is 20.3. The monoisotopic (exact) mass is 838 g/mol. The van der Waals surface area contributed by atoms with E-state index in [1.165, 1.54) is 12.1 Å². The average molecular weight is 839 g/mol. The van der Waals surface area contributed by atoms with E-state index in [0.717, 1.165) is 16.9 Å². The van der Waals surface area contributed by atoms with Crippen LogP contribution >= 0.6 is 0 Å². The minimum atomic E-state index is -1.09. The number of aliphatic imine (C=N–C) groups is 1. The molecule has 18 heteroatoms. The Bertz CT molecular complexity index is 2410. The second-order valence-electron chi connectivity index (χ2n) is 16.4. The number of amides is 4. The van der Waals surface area contributed by atoms with E-state index in [1.54, 1.807) is 35.0 Å². The number of carbonyl (C=O) groups is 4. The van der Waals surface area contributed by atoms with E-state index in [9.17, 15) is 19.2 Å². The first-order valence-electron chi connectivity index (χ1n) is 20.3. The molecule has 61 heavy (non-hydrogen) atoms. The van der Waals surface area contributed by atoms with Gasteiger partial charge in [0.05, 0.1) is 53.9 Å². The number of guanidine groups is 1. The van der Waals surface area contributed by atoms with E-state index in [-0.39, 0.29) is 36.5 Å². The quantitative estimate of drug-likeness (QED) is 0.149. The van der Waals surface area contributed by atoms with Crippen LogP contribution in [0.25, 0.3) is 11.3 Å². The lowest BCUT2D eigenvalue weighted by atomic mass is 9.81.